The van der Waals surface area contributed by atoms with Gasteiger partial charge in [-0.3, -0.25) is 4.99 Å². The van der Waals surface area contributed by atoms with Gasteiger partial charge in [-0.1, -0.05) is 18.2 Å². The summed E-state index contributed by atoms with van der Waals surface area (Å²) < 4.78 is 10.8. The Balaban J connectivity index is 2.60. The van der Waals surface area contributed by atoms with Crippen molar-refractivity contribution in [3.63, 3.8) is 0 Å². The molecule has 1 aromatic carbocycles. The molecule has 1 unspecified atom stereocenters. The molecule has 3 N–H and O–H groups in total. The zero-order chi connectivity index (χ0) is 22.6. The second kappa shape index (κ2) is 13.0. The number of rotatable bonds is 10. The second-order valence-electron chi connectivity index (χ2n) is 8.15. The number of amides is 1. The minimum Gasteiger partial charge on any atom is -0.496 e. The van der Waals surface area contributed by atoms with Crippen molar-refractivity contribution in [1.29, 1.82) is 0 Å². The number of carbonyl (C=O) groups excluding carboxylic acids is 1. The zero-order valence-corrected chi connectivity index (χ0v) is 19.5. The molecule has 1 amide bonds. The third kappa shape index (κ3) is 9.82. The number of aliphatic imine (C=N–C) groups is 1. The SMILES string of the molecule is CCNC(=NCC(c1ccccc1OC)N(C)C)NCCCNC(=O)OC(C)(C)C. The quantitative estimate of drug-likeness (QED) is 0.306. The standard InChI is InChI=1S/C22H39N5O3/c1-8-23-20(24-14-11-15-25-21(28)30-22(2,3)4)26-16-18(27(5)6)17-12-9-10-13-19(17)29-7/h9-10,12-13,18H,8,11,14-16H2,1-7H3,(H,25,28)(H2,23,24,26). The molecule has 0 spiro atoms. The van der Waals surface area contributed by atoms with Gasteiger partial charge < -0.3 is 30.3 Å². The first-order valence-corrected chi connectivity index (χ1v) is 10.5. The normalized spacial score (nSPS) is 13.0. The highest BCUT2D eigenvalue weighted by Crippen LogP contribution is 2.28. The largest absolute Gasteiger partial charge is 0.496 e. The number of hydrogen-bond acceptors (Lipinski definition) is 5. The molecule has 30 heavy (non-hydrogen) atoms. The fourth-order valence-electron chi connectivity index (χ4n) is 2.80. The smallest absolute Gasteiger partial charge is 0.407 e. The molecule has 1 aromatic rings. The first kappa shape index (κ1) is 25.6. The Hall–Kier alpha value is -2.48. The predicted octanol–water partition coefficient (Wildman–Crippen LogP) is 2.77. The van der Waals surface area contributed by atoms with E-state index in [2.05, 4.69) is 26.9 Å². The van der Waals surface area contributed by atoms with Crippen LogP contribution in [0, 0.1) is 0 Å². The zero-order valence-electron chi connectivity index (χ0n) is 19.5. The second-order valence-corrected chi connectivity index (χ2v) is 8.15. The molecule has 0 saturated heterocycles. The van der Waals surface area contributed by atoms with E-state index in [1.807, 2.05) is 60.0 Å². The first-order valence-electron chi connectivity index (χ1n) is 10.5. The van der Waals surface area contributed by atoms with Gasteiger partial charge in [-0.05, 0) is 54.3 Å². The molecular formula is C22H39N5O3. The molecule has 0 heterocycles. The van der Waals surface area contributed by atoms with Crippen molar-refractivity contribution in [2.75, 3.05) is 47.4 Å². The van der Waals surface area contributed by atoms with E-state index < -0.39 is 11.7 Å². The lowest BCUT2D eigenvalue weighted by molar-refractivity contribution is 0.0527. The minimum absolute atomic E-state index is 0.0884. The van der Waals surface area contributed by atoms with Gasteiger partial charge in [0.05, 0.1) is 19.7 Å². The van der Waals surface area contributed by atoms with Crippen LogP contribution in [0.25, 0.3) is 0 Å². The maximum atomic E-state index is 11.7. The highest BCUT2D eigenvalue weighted by Gasteiger charge is 2.18. The summed E-state index contributed by atoms with van der Waals surface area (Å²) in [5, 5.41) is 9.34. The van der Waals surface area contributed by atoms with E-state index in [0.29, 0.717) is 19.6 Å². The molecule has 1 rings (SSSR count). The first-order chi connectivity index (χ1) is 14.2. The van der Waals surface area contributed by atoms with Crippen molar-refractivity contribution in [2.24, 2.45) is 4.99 Å². The number of carbonyl (C=O) groups is 1. The maximum absolute atomic E-state index is 11.7. The molecule has 1 atom stereocenters. The number of likely N-dealkylation sites (N-methyl/N-ethyl adjacent to an activating group) is 1. The summed E-state index contributed by atoms with van der Waals surface area (Å²) in [6.45, 7) is 10.1. The monoisotopic (exact) mass is 421 g/mol. The van der Waals surface area contributed by atoms with Gasteiger partial charge >= 0.3 is 6.09 Å². The van der Waals surface area contributed by atoms with Gasteiger partial charge in [0, 0.05) is 25.2 Å². The fourth-order valence-corrected chi connectivity index (χ4v) is 2.80. The molecule has 0 bridgehead atoms. The van der Waals surface area contributed by atoms with Crippen molar-refractivity contribution in [3.8, 4) is 5.75 Å². The van der Waals surface area contributed by atoms with Crippen molar-refractivity contribution < 1.29 is 14.3 Å². The lowest BCUT2D eigenvalue weighted by Crippen LogP contribution is -2.40. The average molecular weight is 422 g/mol. The van der Waals surface area contributed by atoms with E-state index >= 15 is 0 Å². The van der Waals surface area contributed by atoms with Gasteiger partial charge in [0.2, 0.25) is 0 Å². The summed E-state index contributed by atoms with van der Waals surface area (Å²) in [7, 11) is 5.76. The van der Waals surface area contributed by atoms with E-state index in [0.717, 1.165) is 30.2 Å². The van der Waals surface area contributed by atoms with Crippen LogP contribution in [0.5, 0.6) is 5.75 Å². The molecule has 0 radical (unpaired) electrons. The summed E-state index contributed by atoms with van der Waals surface area (Å²) in [6, 6.07) is 8.11. The number of benzene rings is 1. The van der Waals surface area contributed by atoms with E-state index in [-0.39, 0.29) is 6.04 Å². The predicted molar refractivity (Wildman–Crippen MR) is 122 cm³/mol. The van der Waals surface area contributed by atoms with Crippen LogP contribution < -0.4 is 20.7 Å². The Kier molecular flexibility index (Phi) is 11.0. The molecule has 8 nitrogen and oxygen atoms in total. The summed E-state index contributed by atoms with van der Waals surface area (Å²) in [5.74, 6) is 1.61. The molecular weight excluding hydrogens is 382 g/mol. The molecule has 0 aliphatic rings. The van der Waals surface area contributed by atoms with Crippen molar-refractivity contribution in [2.45, 2.75) is 45.8 Å². The molecule has 8 heteroatoms. The highest BCUT2D eigenvalue weighted by molar-refractivity contribution is 5.79. The number of guanidine groups is 1. The number of alkyl carbamates (subject to hydrolysis) is 1. The van der Waals surface area contributed by atoms with Crippen LogP contribution >= 0.6 is 0 Å². The number of nitrogens with one attached hydrogen (secondary N) is 3. The summed E-state index contributed by atoms with van der Waals surface area (Å²) in [4.78, 5) is 18.6. The van der Waals surface area contributed by atoms with Crippen LogP contribution in [0.4, 0.5) is 4.79 Å². The summed E-state index contributed by atoms with van der Waals surface area (Å²) in [6.07, 6.45) is 0.363. The third-order valence-corrected chi connectivity index (χ3v) is 4.20. The molecule has 0 aliphatic heterocycles. The molecule has 170 valence electrons. The Labute approximate surface area is 181 Å². The van der Waals surface area contributed by atoms with Gasteiger partial charge in [0.25, 0.3) is 0 Å². The summed E-state index contributed by atoms with van der Waals surface area (Å²) >= 11 is 0. The fraction of sp³-hybridized carbons (Fsp3) is 0.636. The lowest BCUT2D eigenvalue weighted by atomic mass is 10.0. The molecule has 0 saturated carbocycles. The number of methoxy groups -OCH3 is 1. The van der Waals surface area contributed by atoms with Crippen molar-refractivity contribution in [1.82, 2.24) is 20.9 Å². The maximum Gasteiger partial charge on any atom is 0.407 e. The van der Waals surface area contributed by atoms with Gasteiger partial charge in [-0.15, -0.1) is 0 Å². The Morgan fingerprint density at radius 3 is 2.40 bits per heavy atom. The number of para-hydroxylation sites is 1. The average Bonchev–Trinajstić information content (AvgIpc) is 2.66. The van der Waals surface area contributed by atoms with E-state index in [1.54, 1.807) is 7.11 Å². The highest BCUT2D eigenvalue weighted by atomic mass is 16.6. The van der Waals surface area contributed by atoms with Gasteiger partial charge in [-0.25, -0.2) is 4.79 Å². The Morgan fingerprint density at radius 2 is 1.80 bits per heavy atom. The van der Waals surface area contributed by atoms with Crippen molar-refractivity contribution >= 4 is 12.1 Å². The Bertz CT molecular complexity index is 671. The number of hydrogen-bond donors (Lipinski definition) is 3. The topological polar surface area (TPSA) is 87.2 Å². The van der Waals surface area contributed by atoms with Gasteiger partial charge in [0.1, 0.15) is 11.4 Å². The van der Waals surface area contributed by atoms with E-state index in [9.17, 15) is 4.79 Å². The lowest BCUT2D eigenvalue weighted by Gasteiger charge is -2.25. The molecule has 0 aromatic heterocycles. The van der Waals surface area contributed by atoms with Gasteiger partial charge in [-0.2, -0.15) is 0 Å². The third-order valence-electron chi connectivity index (χ3n) is 4.20. The van der Waals surface area contributed by atoms with E-state index in [4.69, 9.17) is 14.5 Å². The van der Waals surface area contributed by atoms with Crippen LogP contribution in [0.3, 0.4) is 0 Å². The number of nitrogens with zero attached hydrogens (tertiary/aromatic N) is 2. The Morgan fingerprint density at radius 1 is 1.13 bits per heavy atom. The van der Waals surface area contributed by atoms with E-state index in [1.165, 1.54) is 0 Å². The number of ether oxygens (including phenoxy) is 2. The van der Waals surface area contributed by atoms with Crippen LogP contribution in [-0.4, -0.2) is 69.9 Å². The molecule has 0 aliphatic carbocycles. The van der Waals surface area contributed by atoms with Crippen LogP contribution in [0.15, 0.2) is 29.3 Å². The van der Waals surface area contributed by atoms with Crippen molar-refractivity contribution in [3.05, 3.63) is 29.8 Å². The van der Waals surface area contributed by atoms with Crippen LogP contribution in [0.2, 0.25) is 0 Å². The summed E-state index contributed by atoms with van der Waals surface area (Å²) in [5.41, 5.74) is 0.614. The van der Waals surface area contributed by atoms with Gasteiger partial charge in [0.15, 0.2) is 5.96 Å². The molecule has 0 fully saturated rings. The van der Waals surface area contributed by atoms with Crippen LogP contribution in [0.1, 0.15) is 45.7 Å². The van der Waals surface area contributed by atoms with Crippen LogP contribution in [-0.2, 0) is 4.74 Å². The minimum atomic E-state index is -0.488.